The zero-order valence-electron chi connectivity index (χ0n) is 40.3. The largest absolute Gasteiger partial charge is 0.309 e. The Balaban J connectivity index is 1.12. The second-order valence-corrected chi connectivity index (χ2v) is 19.9. The van der Waals surface area contributed by atoms with Crippen molar-refractivity contribution >= 4 is 99.0 Å². The van der Waals surface area contributed by atoms with Crippen LogP contribution >= 0.6 is 0 Å². The van der Waals surface area contributed by atoms with Crippen LogP contribution in [0.25, 0.3) is 81.7 Å². The minimum Gasteiger partial charge on any atom is -0.309 e. The maximum atomic E-state index is 2.59. The first-order valence-corrected chi connectivity index (χ1v) is 25.7. The van der Waals surface area contributed by atoms with Crippen molar-refractivity contribution in [1.29, 1.82) is 0 Å². The summed E-state index contributed by atoms with van der Waals surface area (Å²) in [5.74, 6) is 0. The molecule has 2 heterocycles. The number of benzene rings is 13. The lowest BCUT2D eigenvalue weighted by atomic mass is 9.65. The van der Waals surface area contributed by atoms with Crippen molar-refractivity contribution in [1.82, 2.24) is 4.57 Å². The highest BCUT2D eigenvalue weighted by atomic mass is 15.2. The molecule has 3 heteroatoms. The molecule has 0 fully saturated rings. The first-order chi connectivity index (χ1) is 36.8. The van der Waals surface area contributed by atoms with Gasteiger partial charge in [-0.15, -0.1) is 0 Å². The predicted molar refractivity (Wildman–Crippen MR) is 311 cm³/mol. The van der Waals surface area contributed by atoms with E-state index in [0.29, 0.717) is 0 Å². The van der Waals surface area contributed by atoms with Crippen molar-refractivity contribution in [3.05, 3.63) is 295 Å². The van der Waals surface area contributed by atoms with Crippen LogP contribution in [-0.4, -0.2) is 4.57 Å². The van der Waals surface area contributed by atoms with Gasteiger partial charge in [0.1, 0.15) is 0 Å². The minimum absolute atomic E-state index is 0.787. The molecule has 1 aliphatic carbocycles. The fraction of sp³-hybridized carbons (Fsp3) is 0.0141. The molecule has 344 valence electrons. The average Bonchev–Trinajstić information content (AvgIpc) is 4.01. The van der Waals surface area contributed by atoms with Crippen LogP contribution in [-0.2, 0) is 5.41 Å². The van der Waals surface area contributed by atoms with Gasteiger partial charge in [0.05, 0.1) is 44.9 Å². The molecule has 3 nitrogen and oxygen atoms in total. The number of nitrogens with zero attached hydrogens (tertiary/aromatic N) is 3. The number of hydrogen-bond donors (Lipinski definition) is 0. The Morgan fingerprint density at radius 3 is 1.24 bits per heavy atom. The molecule has 0 saturated heterocycles. The lowest BCUT2D eigenvalue weighted by molar-refractivity contribution is 0.749. The SMILES string of the molecule is c1ccc(N(c2cccc3ccccc23)c2cc3c(c4ccccc24)-c2c(cc(N(c4ccccc4)c4cccc5ccccc45)c4ccccc24)C32c3ccccc3-n3c4ccccc4c4cccc2c43)cc1. The van der Waals surface area contributed by atoms with E-state index >= 15 is 0 Å². The minimum atomic E-state index is -0.787. The lowest BCUT2D eigenvalue weighted by Gasteiger charge is -2.40. The zero-order chi connectivity index (χ0) is 48.5. The molecule has 74 heavy (non-hydrogen) atoms. The average molecular weight is 940 g/mol. The summed E-state index contributed by atoms with van der Waals surface area (Å²) in [4.78, 5) is 5.05. The van der Waals surface area contributed by atoms with Crippen LogP contribution in [0.1, 0.15) is 22.3 Å². The highest BCUT2D eigenvalue weighted by molar-refractivity contribution is 6.21. The monoisotopic (exact) mass is 939 g/mol. The van der Waals surface area contributed by atoms with E-state index in [0.717, 1.165) is 34.1 Å². The number of aromatic nitrogens is 1. The number of fused-ring (bicyclic) bond motifs is 18. The molecule has 0 bridgehead atoms. The molecule has 0 saturated carbocycles. The van der Waals surface area contributed by atoms with E-state index in [1.807, 2.05) is 0 Å². The number of hydrogen-bond acceptors (Lipinski definition) is 2. The van der Waals surface area contributed by atoms with Gasteiger partial charge in [-0.2, -0.15) is 0 Å². The molecule has 14 aromatic rings. The van der Waals surface area contributed by atoms with E-state index < -0.39 is 5.41 Å². The maximum Gasteiger partial charge on any atom is 0.0756 e. The van der Waals surface area contributed by atoms with Crippen molar-refractivity contribution in [2.75, 3.05) is 9.80 Å². The number of rotatable bonds is 6. The predicted octanol–water partition coefficient (Wildman–Crippen LogP) is 19.0. The summed E-state index contributed by atoms with van der Waals surface area (Å²) >= 11 is 0. The van der Waals surface area contributed by atoms with Crippen molar-refractivity contribution in [2.45, 2.75) is 5.41 Å². The second-order valence-electron chi connectivity index (χ2n) is 19.9. The van der Waals surface area contributed by atoms with Gasteiger partial charge in [0.15, 0.2) is 0 Å². The second kappa shape index (κ2) is 15.6. The van der Waals surface area contributed by atoms with Crippen molar-refractivity contribution in [3.63, 3.8) is 0 Å². The van der Waals surface area contributed by atoms with Crippen molar-refractivity contribution in [2.24, 2.45) is 0 Å². The molecule has 1 spiro atoms. The molecular weight excluding hydrogens is 895 g/mol. The molecule has 2 aliphatic rings. The summed E-state index contributed by atoms with van der Waals surface area (Å²) in [5.41, 5.74) is 17.3. The van der Waals surface area contributed by atoms with Gasteiger partial charge >= 0.3 is 0 Å². The van der Waals surface area contributed by atoms with E-state index in [1.165, 1.54) is 104 Å². The summed E-state index contributed by atoms with van der Waals surface area (Å²) in [5, 5.41) is 12.1. The molecule has 0 amide bonds. The zero-order valence-corrected chi connectivity index (χ0v) is 40.3. The summed E-state index contributed by atoms with van der Waals surface area (Å²) in [7, 11) is 0. The Bertz CT molecular complexity index is 4400. The van der Waals surface area contributed by atoms with Gasteiger partial charge in [0.2, 0.25) is 0 Å². The summed E-state index contributed by atoms with van der Waals surface area (Å²) in [6.45, 7) is 0. The molecule has 0 N–H and O–H groups in total. The van der Waals surface area contributed by atoms with Gasteiger partial charge in [-0.1, -0.05) is 212 Å². The third kappa shape index (κ3) is 5.50. The third-order valence-electron chi connectivity index (χ3n) is 16.3. The topological polar surface area (TPSA) is 11.4 Å². The Labute approximate surface area is 428 Å². The van der Waals surface area contributed by atoms with E-state index in [1.54, 1.807) is 0 Å². The van der Waals surface area contributed by atoms with Gasteiger partial charge in [-0.25, -0.2) is 0 Å². The lowest BCUT2D eigenvalue weighted by Crippen LogP contribution is -2.34. The third-order valence-corrected chi connectivity index (χ3v) is 16.3. The molecule has 0 unspecified atom stereocenters. The van der Waals surface area contributed by atoms with Crippen molar-refractivity contribution < 1.29 is 0 Å². The normalized spacial score (nSPS) is 13.0. The van der Waals surface area contributed by atoms with E-state index in [9.17, 15) is 0 Å². The molecule has 0 radical (unpaired) electrons. The Morgan fingerprint density at radius 1 is 0.270 bits per heavy atom. The van der Waals surface area contributed by atoms with Crippen LogP contribution in [0, 0.1) is 0 Å². The number of anilines is 6. The molecule has 13 aromatic carbocycles. The summed E-state index contributed by atoms with van der Waals surface area (Å²) in [6, 6.07) is 102. The van der Waals surface area contributed by atoms with Crippen LogP contribution in [0.3, 0.4) is 0 Å². The first-order valence-electron chi connectivity index (χ1n) is 25.7. The Kier molecular flexibility index (Phi) is 8.66. The molecule has 16 rings (SSSR count). The quantitative estimate of drug-likeness (QED) is 0.165. The van der Waals surface area contributed by atoms with Gasteiger partial charge in [0, 0.05) is 43.7 Å². The summed E-state index contributed by atoms with van der Waals surface area (Å²) in [6.07, 6.45) is 0. The van der Waals surface area contributed by atoms with E-state index in [2.05, 4.69) is 287 Å². The van der Waals surface area contributed by atoms with Gasteiger partial charge in [0.25, 0.3) is 0 Å². The van der Waals surface area contributed by atoms with Gasteiger partial charge < -0.3 is 14.4 Å². The standard InChI is InChI=1S/C71H45N3/c1-3-26-48(27-4-1)72(62-42-19-24-46-22-7-9-30-50(46)62)66-44-60-68(55-35-13-11-32-52(55)66)69-56-36-14-12-33-53(56)67(73(49-28-5-2-6-29-49)63-43-20-25-47-23-8-10-31-51(47)63)45-61(69)71(60)58-38-16-18-41-65(58)74-64-40-17-15-34-54(64)57-37-21-39-59(71)70(57)74/h1-45H. The first kappa shape index (κ1) is 41.0. The van der Waals surface area contributed by atoms with Crippen LogP contribution in [0.4, 0.5) is 34.1 Å². The van der Waals surface area contributed by atoms with Crippen LogP contribution in [0.15, 0.2) is 273 Å². The summed E-state index contributed by atoms with van der Waals surface area (Å²) < 4.78 is 2.56. The molecular formula is C71H45N3. The smallest absolute Gasteiger partial charge is 0.0756 e. The van der Waals surface area contributed by atoms with Crippen LogP contribution < -0.4 is 9.80 Å². The van der Waals surface area contributed by atoms with Crippen LogP contribution in [0.2, 0.25) is 0 Å². The molecule has 1 aromatic heterocycles. The maximum absolute atomic E-state index is 2.59. The highest BCUT2D eigenvalue weighted by Crippen LogP contribution is 2.66. The van der Waals surface area contributed by atoms with Crippen LogP contribution in [0.5, 0.6) is 0 Å². The fourth-order valence-corrected chi connectivity index (χ4v) is 13.4. The van der Waals surface area contributed by atoms with Crippen molar-refractivity contribution in [3.8, 4) is 16.8 Å². The fourth-order valence-electron chi connectivity index (χ4n) is 13.4. The molecule has 0 atom stereocenters. The molecule has 1 aliphatic heterocycles. The highest BCUT2D eigenvalue weighted by Gasteiger charge is 2.53. The van der Waals surface area contributed by atoms with Gasteiger partial charge in [-0.3, -0.25) is 0 Å². The number of para-hydroxylation sites is 5. The van der Waals surface area contributed by atoms with E-state index in [-0.39, 0.29) is 0 Å². The van der Waals surface area contributed by atoms with Gasteiger partial charge in [-0.05, 0) is 116 Å². The Hall–Kier alpha value is -9.70. The van der Waals surface area contributed by atoms with E-state index in [4.69, 9.17) is 0 Å². The Morgan fingerprint density at radius 2 is 0.676 bits per heavy atom.